The van der Waals surface area contributed by atoms with E-state index in [2.05, 4.69) is 26.1 Å². The Bertz CT molecular complexity index is 172. The molecule has 0 bridgehead atoms. The van der Waals surface area contributed by atoms with Crippen molar-refractivity contribution in [1.29, 1.82) is 0 Å². The van der Waals surface area contributed by atoms with Crippen molar-refractivity contribution in [2.75, 3.05) is 0 Å². The molecule has 0 amide bonds. The second kappa shape index (κ2) is 8.97. The van der Waals surface area contributed by atoms with Crippen molar-refractivity contribution in [2.24, 2.45) is 5.92 Å². The summed E-state index contributed by atoms with van der Waals surface area (Å²) >= 11 is 0. The molecule has 0 aliphatic heterocycles. The molecule has 1 aliphatic rings. The Balaban J connectivity index is 2.24. The molecule has 0 radical (unpaired) electrons. The second-order valence-electron chi connectivity index (χ2n) is 5.98. The topological polar surface area (TPSA) is 12.0 Å². The Morgan fingerprint density at radius 3 is 2.35 bits per heavy atom. The Morgan fingerprint density at radius 1 is 1.06 bits per heavy atom. The van der Waals surface area contributed by atoms with Gasteiger partial charge in [-0.2, -0.15) is 0 Å². The van der Waals surface area contributed by atoms with Crippen LogP contribution >= 0.6 is 0 Å². The van der Waals surface area contributed by atoms with Crippen LogP contribution in [0.4, 0.5) is 0 Å². The van der Waals surface area contributed by atoms with Crippen molar-refractivity contribution in [3.05, 3.63) is 0 Å². The zero-order valence-corrected chi connectivity index (χ0v) is 12.3. The van der Waals surface area contributed by atoms with E-state index in [1.54, 1.807) is 0 Å². The highest BCUT2D eigenvalue weighted by atomic mass is 14.9. The van der Waals surface area contributed by atoms with Crippen LogP contribution in [0.5, 0.6) is 0 Å². The number of unbranched alkanes of at least 4 members (excludes halogenated alkanes) is 2. The van der Waals surface area contributed by atoms with E-state index in [1.165, 1.54) is 64.2 Å². The molecule has 1 aliphatic carbocycles. The molecule has 1 N–H and O–H groups in total. The van der Waals surface area contributed by atoms with E-state index in [4.69, 9.17) is 0 Å². The van der Waals surface area contributed by atoms with Crippen LogP contribution in [0, 0.1) is 5.92 Å². The predicted molar refractivity (Wildman–Crippen MR) is 77.4 cm³/mol. The Kier molecular flexibility index (Phi) is 7.92. The van der Waals surface area contributed by atoms with Crippen molar-refractivity contribution in [1.82, 2.24) is 5.32 Å². The molecule has 0 heterocycles. The molecule has 0 aromatic heterocycles. The van der Waals surface area contributed by atoms with Gasteiger partial charge in [-0.25, -0.2) is 0 Å². The lowest BCUT2D eigenvalue weighted by molar-refractivity contribution is 0.244. The minimum absolute atomic E-state index is 0.716. The molecule has 1 saturated carbocycles. The van der Waals surface area contributed by atoms with Gasteiger partial charge in [0.2, 0.25) is 0 Å². The van der Waals surface area contributed by atoms with Gasteiger partial charge in [-0.1, -0.05) is 52.4 Å². The first-order valence-corrected chi connectivity index (χ1v) is 8.04. The molecule has 0 spiro atoms. The van der Waals surface area contributed by atoms with E-state index >= 15 is 0 Å². The lowest BCUT2D eigenvalue weighted by atomic mass is 9.82. The van der Waals surface area contributed by atoms with Gasteiger partial charge in [0.25, 0.3) is 0 Å². The van der Waals surface area contributed by atoms with Gasteiger partial charge < -0.3 is 5.32 Å². The summed E-state index contributed by atoms with van der Waals surface area (Å²) < 4.78 is 0. The van der Waals surface area contributed by atoms with Gasteiger partial charge in [-0.15, -0.1) is 0 Å². The normalized spacial score (nSPS) is 21.4. The number of hydrogen-bond acceptors (Lipinski definition) is 1. The molecule has 2 atom stereocenters. The number of hydrogen-bond donors (Lipinski definition) is 1. The molecule has 2 unspecified atom stereocenters. The summed E-state index contributed by atoms with van der Waals surface area (Å²) in [4.78, 5) is 0. The zero-order valence-electron chi connectivity index (χ0n) is 12.3. The lowest BCUT2D eigenvalue weighted by Gasteiger charge is -2.32. The Labute approximate surface area is 109 Å². The van der Waals surface area contributed by atoms with Gasteiger partial charge in [0, 0.05) is 12.1 Å². The van der Waals surface area contributed by atoms with Crippen molar-refractivity contribution in [3.8, 4) is 0 Å². The zero-order chi connectivity index (χ0) is 12.5. The van der Waals surface area contributed by atoms with E-state index in [0.717, 1.165) is 12.0 Å². The fraction of sp³-hybridized carbons (Fsp3) is 1.00. The van der Waals surface area contributed by atoms with Crippen molar-refractivity contribution >= 4 is 0 Å². The van der Waals surface area contributed by atoms with E-state index < -0.39 is 0 Å². The summed E-state index contributed by atoms with van der Waals surface area (Å²) in [7, 11) is 0. The third-order valence-corrected chi connectivity index (χ3v) is 4.40. The molecule has 0 aromatic carbocycles. The van der Waals surface area contributed by atoms with E-state index in [1.807, 2.05) is 0 Å². The first-order valence-electron chi connectivity index (χ1n) is 8.04. The van der Waals surface area contributed by atoms with Crippen LogP contribution < -0.4 is 5.32 Å². The molecule has 1 nitrogen and oxygen atoms in total. The molecule has 1 heteroatoms. The summed E-state index contributed by atoms with van der Waals surface area (Å²) in [6, 6.07) is 1.50. The standard InChI is InChI=1S/C16H33N/c1-4-6-8-11-14(3)17-16(5-2)15-12-9-7-10-13-15/h14-17H,4-13H2,1-3H3. The molecule has 1 rings (SSSR count). The van der Waals surface area contributed by atoms with Gasteiger partial charge in [-0.05, 0) is 38.5 Å². The smallest absolute Gasteiger partial charge is 0.00951 e. The molecule has 0 aromatic rings. The van der Waals surface area contributed by atoms with Crippen LogP contribution in [0.25, 0.3) is 0 Å². The summed E-state index contributed by atoms with van der Waals surface area (Å²) in [5, 5.41) is 3.90. The fourth-order valence-corrected chi connectivity index (χ4v) is 3.27. The van der Waals surface area contributed by atoms with Gasteiger partial charge in [0.1, 0.15) is 0 Å². The summed E-state index contributed by atoms with van der Waals surface area (Å²) in [6.07, 6.45) is 14.1. The van der Waals surface area contributed by atoms with Crippen LogP contribution in [-0.2, 0) is 0 Å². The van der Waals surface area contributed by atoms with Crippen molar-refractivity contribution in [2.45, 2.75) is 97.1 Å². The molecule has 1 fully saturated rings. The molecule has 0 saturated heterocycles. The second-order valence-corrected chi connectivity index (χ2v) is 5.98. The fourth-order valence-electron chi connectivity index (χ4n) is 3.27. The molecule has 102 valence electrons. The first kappa shape index (κ1) is 15.0. The largest absolute Gasteiger partial charge is 0.311 e. The van der Waals surface area contributed by atoms with Crippen LogP contribution in [-0.4, -0.2) is 12.1 Å². The average Bonchev–Trinajstić information content (AvgIpc) is 2.37. The first-order chi connectivity index (χ1) is 8.27. The molecular formula is C16H33N. The van der Waals surface area contributed by atoms with E-state index in [0.29, 0.717) is 6.04 Å². The van der Waals surface area contributed by atoms with Crippen molar-refractivity contribution in [3.63, 3.8) is 0 Å². The number of nitrogens with one attached hydrogen (secondary N) is 1. The van der Waals surface area contributed by atoms with Gasteiger partial charge >= 0.3 is 0 Å². The lowest BCUT2D eigenvalue weighted by Crippen LogP contribution is -2.41. The minimum atomic E-state index is 0.716. The van der Waals surface area contributed by atoms with Crippen LogP contribution in [0.2, 0.25) is 0 Å². The molecular weight excluding hydrogens is 206 g/mol. The van der Waals surface area contributed by atoms with Crippen LogP contribution in [0.3, 0.4) is 0 Å². The Morgan fingerprint density at radius 2 is 1.76 bits per heavy atom. The van der Waals surface area contributed by atoms with E-state index in [-0.39, 0.29) is 0 Å². The monoisotopic (exact) mass is 239 g/mol. The maximum atomic E-state index is 3.90. The quantitative estimate of drug-likeness (QED) is 0.594. The average molecular weight is 239 g/mol. The summed E-state index contributed by atoms with van der Waals surface area (Å²) in [5.74, 6) is 0.961. The highest BCUT2D eigenvalue weighted by Crippen LogP contribution is 2.28. The summed E-state index contributed by atoms with van der Waals surface area (Å²) in [6.45, 7) is 7.02. The SMILES string of the molecule is CCCCCC(C)NC(CC)C1CCCCC1. The number of rotatable bonds is 8. The van der Waals surface area contributed by atoms with Gasteiger partial charge in [0.15, 0.2) is 0 Å². The highest BCUT2D eigenvalue weighted by molar-refractivity contribution is 4.80. The predicted octanol–water partition coefficient (Wildman–Crippen LogP) is 4.90. The van der Waals surface area contributed by atoms with E-state index in [9.17, 15) is 0 Å². The van der Waals surface area contributed by atoms with Gasteiger partial charge in [-0.3, -0.25) is 0 Å². The van der Waals surface area contributed by atoms with Crippen LogP contribution in [0.15, 0.2) is 0 Å². The summed E-state index contributed by atoms with van der Waals surface area (Å²) in [5.41, 5.74) is 0. The maximum Gasteiger partial charge on any atom is 0.00951 e. The van der Waals surface area contributed by atoms with Crippen molar-refractivity contribution < 1.29 is 0 Å². The Hall–Kier alpha value is -0.0400. The third-order valence-electron chi connectivity index (χ3n) is 4.40. The third kappa shape index (κ3) is 5.90. The molecule has 17 heavy (non-hydrogen) atoms. The highest BCUT2D eigenvalue weighted by Gasteiger charge is 2.22. The maximum absolute atomic E-state index is 3.90. The van der Waals surface area contributed by atoms with Crippen LogP contribution in [0.1, 0.15) is 85.0 Å². The van der Waals surface area contributed by atoms with Gasteiger partial charge in [0.05, 0.1) is 0 Å². The minimum Gasteiger partial charge on any atom is -0.311 e.